The van der Waals surface area contributed by atoms with Crippen molar-refractivity contribution in [3.63, 3.8) is 0 Å². The largest absolute Gasteiger partial charge is 0.493 e. The zero-order valence-electron chi connectivity index (χ0n) is 10.7. The zero-order valence-corrected chi connectivity index (χ0v) is 10.7. The summed E-state index contributed by atoms with van der Waals surface area (Å²) in [4.78, 5) is 2.09. The monoisotopic (exact) mass is 240 g/mol. The van der Waals surface area contributed by atoms with Crippen molar-refractivity contribution in [3.8, 4) is 5.75 Å². The first-order valence-electron chi connectivity index (χ1n) is 5.83. The Bertz CT molecular complexity index is 353. The molecule has 96 valence electrons. The Morgan fingerprint density at radius 1 is 1.41 bits per heavy atom. The highest BCUT2D eigenvalue weighted by Gasteiger charge is 2.07. The van der Waals surface area contributed by atoms with Crippen LogP contribution in [0.25, 0.3) is 0 Å². The van der Waals surface area contributed by atoms with Crippen molar-refractivity contribution in [2.45, 2.75) is 19.4 Å². The van der Waals surface area contributed by atoms with Gasteiger partial charge in [-0.25, -0.2) is 4.39 Å². The van der Waals surface area contributed by atoms with Crippen LogP contribution in [0.3, 0.4) is 0 Å². The first-order chi connectivity index (χ1) is 8.00. The third-order valence-electron chi connectivity index (χ3n) is 2.48. The van der Waals surface area contributed by atoms with Crippen LogP contribution in [-0.2, 0) is 0 Å². The van der Waals surface area contributed by atoms with Crippen molar-refractivity contribution in [2.75, 3.05) is 27.2 Å². The summed E-state index contributed by atoms with van der Waals surface area (Å²) in [7, 11) is 4.02. The zero-order chi connectivity index (χ0) is 12.8. The molecule has 0 unspecified atom stereocenters. The summed E-state index contributed by atoms with van der Waals surface area (Å²) >= 11 is 0. The molecule has 1 aromatic carbocycles. The molecule has 0 saturated carbocycles. The first-order valence-corrected chi connectivity index (χ1v) is 5.83. The SMILES string of the molecule is C[C@@H](N)c1ccc(OCCCN(C)C)cc1F. The van der Waals surface area contributed by atoms with Crippen LogP contribution in [0, 0.1) is 5.82 Å². The molecule has 2 N–H and O–H groups in total. The fourth-order valence-corrected chi connectivity index (χ4v) is 1.54. The van der Waals surface area contributed by atoms with Gasteiger partial charge in [0.1, 0.15) is 11.6 Å². The van der Waals surface area contributed by atoms with Crippen molar-refractivity contribution < 1.29 is 9.13 Å². The highest BCUT2D eigenvalue weighted by Crippen LogP contribution is 2.20. The third-order valence-corrected chi connectivity index (χ3v) is 2.48. The van der Waals surface area contributed by atoms with Crippen molar-refractivity contribution in [1.29, 1.82) is 0 Å². The quantitative estimate of drug-likeness (QED) is 0.774. The Morgan fingerprint density at radius 2 is 2.12 bits per heavy atom. The van der Waals surface area contributed by atoms with Crippen LogP contribution in [0.15, 0.2) is 18.2 Å². The molecular formula is C13H21FN2O. The standard InChI is InChI=1S/C13H21FN2O/c1-10(15)12-6-5-11(9-13(12)14)17-8-4-7-16(2)3/h5-6,9-10H,4,7-8,15H2,1-3H3/t10-/m1/s1. The average Bonchev–Trinajstić information content (AvgIpc) is 2.23. The maximum absolute atomic E-state index is 13.6. The highest BCUT2D eigenvalue weighted by atomic mass is 19.1. The Morgan fingerprint density at radius 3 is 2.65 bits per heavy atom. The minimum Gasteiger partial charge on any atom is -0.493 e. The number of nitrogens with zero attached hydrogens (tertiary/aromatic N) is 1. The molecule has 1 rings (SSSR count). The van der Waals surface area contributed by atoms with E-state index in [2.05, 4.69) is 4.90 Å². The van der Waals surface area contributed by atoms with E-state index >= 15 is 0 Å². The molecular weight excluding hydrogens is 219 g/mol. The maximum Gasteiger partial charge on any atom is 0.131 e. The number of nitrogens with two attached hydrogens (primary N) is 1. The first kappa shape index (κ1) is 13.9. The third kappa shape index (κ3) is 4.71. The minimum atomic E-state index is -0.301. The van der Waals surface area contributed by atoms with Gasteiger partial charge in [-0.05, 0) is 33.5 Å². The van der Waals surface area contributed by atoms with Crippen LogP contribution < -0.4 is 10.5 Å². The smallest absolute Gasteiger partial charge is 0.131 e. The summed E-state index contributed by atoms with van der Waals surface area (Å²) in [5, 5.41) is 0. The molecule has 0 heterocycles. The molecule has 4 heteroatoms. The second-order valence-corrected chi connectivity index (χ2v) is 4.48. The van der Waals surface area contributed by atoms with Gasteiger partial charge in [0, 0.05) is 24.2 Å². The summed E-state index contributed by atoms with van der Waals surface area (Å²) in [6.45, 7) is 3.31. The lowest BCUT2D eigenvalue weighted by Crippen LogP contribution is -2.15. The van der Waals surface area contributed by atoms with Gasteiger partial charge in [-0.3, -0.25) is 0 Å². The molecule has 0 aliphatic heterocycles. The van der Waals surface area contributed by atoms with Crippen LogP contribution in [-0.4, -0.2) is 32.1 Å². The van der Waals surface area contributed by atoms with Gasteiger partial charge in [0.15, 0.2) is 0 Å². The van der Waals surface area contributed by atoms with Crippen LogP contribution in [0.4, 0.5) is 4.39 Å². The predicted octanol–water partition coefficient (Wildman–Crippen LogP) is 2.18. The Kier molecular flexibility index (Phi) is 5.38. The van der Waals surface area contributed by atoms with E-state index < -0.39 is 0 Å². The lowest BCUT2D eigenvalue weighted by Gasteiger charge is -2.12. The van der Waals surface area contributed by atoms with E-state index in [-0.39, 0.29) is 11.9 Å². The molecule has 0 aliphatic carbocycles. The van der Waals surface area contributed by atoms with E-state index in [1.807, 2.05) is 14.1 Å². The topological polar surface area (TPSA) is 38.5 Å². The number of rotatable bonds is 6. The van der Waals surface area contributed by atoms with Crippen LogP contribution >= 0.6 is 0 Å². The number of benzene rings is 1. The molecule has 0 amide bonds. The molecule has 1 aromatic rings. The van der Waals surface area contributed by atoms with Gasteiger partial charge < -0.3 is 15.4 Å². The predicted molar refractivity (Wildman–Crippen MR) is 67.7 cm³/mol. The van der Waals surface area contributed by atoms with Crippen LogP contribution in [0.5, 0.6) is 5.75 Å². The van der Waals surface area contributed by atoms with Crippen LogP contribution in [0.2, 0.25) is 0 Å². The molecule has 0 aliphatic rings. The van der Waals surface area contributed by atoms with Gasteiger partial charge in [-0.15, -0.1) is 0 Å². The fraction of sp³-hybridized carbons (Fsp3) is 0.538. The summed E-state index contributed by atoms with van der Waals surface area (Å²) in [5.74, 6) is 0.260. The van der Waals surface area contributed by atoms with E-state index in [0.29, 0.717) is 17.9 Å². The van der Waals surface area contributed by atoms with Crippen molar-refractivity contribution in [3.05, 3.63) is 29.6 Å². The van der Waals surface area contributed by atoms with E-state index in [0.717, 1.165) is 13.0 Å². The number of ether oxygens (including phenoxy) is 1. The lowest BCUT2D eigenvalue weighted by atomic mass is 10.1. The van der Waals surface area contributed by atoms with E-state index in [4.69, 9.17) is 10.5 Å². The van der Waals surface area contributed by atoms with Gasteiger partial charge in [-0.2, -0.15) is 0 Å². The van der Waals surface area contributed by atoms with Gasteiger partial charge in [0.05, 0.1) is 6.61 Å². The second-order valence-electron chi connectivity index (χ2n) is 4.48. The lowest BCUT2D eigenvalue weighted by molar-refractivity contribution is 0.280. The van der Waals surface area contributed by atoms with Gasteiger partial charge in [-0.1, -0.05) is 6.07 Å². The number of halogens is 1. The normalized spacial score (nSPS) is 12.8. The van der Waals surface area contributed by atoms with Crippen molar-refractivity contribution in [1.82, 2.24) is 4.90 Å². The summed E-state index contributed by atoms with van der Waals surface area (Å²) in [6.07, 6.45) is 0.920. The van der Waals surface area contributed by atoms with E-state index in [1.165, 1.54) is 6.07 Å². The fourth-order valence-electron chi connectivity index (χ4n) is 1.54. The van der Waals surface area contributed by atoms with Crippen LogP contribution in [0.1, 0.15) is 24.9 Å². The van der Waals surface area contributed by atoms with Crippen molar-refractivity contribution in [2.24, 2.45) is 5.73 Å². The molecule has 17 heavy (non-hydrogen) atoms. The molecule has 0 spiro atoms. The maximum atomic E-state index is 13.6. The second kappa shape index (κ2) is 6.57. The molecule has 1 atom stereocenters. The Balaban J connectivity index is 2.47. The summed E-state index contributed by atoms with van der Waals surface area (Å²) in [6, 6.07) is 4.55. The molecule has 3 nitrogen and oxygen atoms in total. The Labute approximate surface area is 102 Å². The number of hydrogen-bond donors (Lipinski definition) is 1. The summed E-state index contributed by atoms with van der Waals surface area (Å²) in [5.41, 5.74) is 6.15. The van der Waals surface area contributed by atoms with Gasteiger partial charge >= 0.3 is 0 Å². The minimum absolute atomic E-state index is 0.294. The molecule has 0 aromatic heterocycles. The molecule has 0 bridgehead atoms. The van der Waals surface area contributed by atoms with E-state index in [9.17, 15) is 4.39 Å². The molecule has 0 fully saturated rings. The average molecular weight is 240 g/mol. The van der Waals surface area contributed by atoms with Gasteiger partial charge in [0.25, 0.3) is 0 Å². The molecule has 0 radical (unpaired) electrons. The highest BCUT2D eigenvalue weighted by molar-refractivity contribution is 5.30. The summed E-state index contributed by atoms with van der Waals surface area (Å²) < 4.78 is 19.0. The number of hydrogen-bond acceptors (Lipinski definition) is 3. The van der Waals surface area contributed by atoms with Gasteiger partial charge in [0.2, 0.25) is 0 Å². The Hall–Kier alpha value is -1.13. The molecule has 0 saturated heterocycles. The van der Waals surface area contributed by atoms with Crippen molar-refractivity contribution >= 4 is 0 Å². The van der Waals surface area contributed by atoms with E-state index in [1.54, 1.807) is 19.1 Å².